The van der Waals surface area contributed by atoms with Crippen molar-refractivity contribution in [2.75, 3.05) is 18.0 Å². The van der Waals surface area contributed by atoms with Crippen LogP contribution in [0.25, 0.3) is 10.9 Å². The molecule has 1 saturated heterocycles. The van der Waals surface area contributed by atoms with E-state index < -0.39 is 0 Å². The van der Waals surface area contributed by atoms with Crippen LogP contribution >= 0.6 is 0 Å². The van der Waals surface area contributed by atoms with Crippen LogP contribution in [0.5, 0.6) is 0 Å². The first kappa shape index (κ1) is 13.8. The quantitative estimate of drug-likeness (QED) is 0.892. The van der Waals surface area contributed by atoms with E-state index in [4.69, 9.17) is 16.5 Å². The third-order valence-corrected chi connectivity index (χ3v) is 4.12. The topological polar surface area (TPSA) is 85.2 Å². The van der Waals surface area contributed by atoms with E-state index in [1.807, 2.05) is 24.3 Å². The number of nitrogens with two attached hydrogens (primary N) is 2. The number of anilines is 1. The Hall–Kier alpha value is -2.14. The second kappa shape index (κ2) is 5.69. The van der Waals surface area contributed by atoms with E-state index in [0.29, 0.717) is 13.1 Å². The summed E-state index contributed by atoms with van der Waals surface area (Å²) in [6, 6.07) is 10.1. The average molecular weight is 284 g/mol. The summed E-state index contributed by atoms with van der Waals surface area (Å²) in [5.74, 6) is 0.564. The number of piperidine rings is 1. The van der Waals surface area contributed by atoms with E-state index in [2.05, 4.69) is 11.0 Å². The van der Waals surface area contributed by atoms with Gasteiger partial charge in [-0.3, -0.25) is 4.79 Å². The normalized spacial score (nSPS) is 18.9. The number of hydrogen-bond donors (Lipinski definition) is 2. The van der Waals surface area contributed by atoms with Crippen molar-refractivity contribution in [3.63, 3.8) is 0 Å². The Balaban J connectivity index is 2.00. The van der Waals surface area contributed by atoms with Gasteiger partial charge in [-0.25, -0.2) is 4.98 Å². The highest BCUT2D eigenvalue weighted by Crippen LogP contribution is 2.27. The third-order valence-electron chi connectivity index (χ3n) is 4.12. The van der Waals surface area contributed by atoms with Gasteiger partial charge in [0.05, 0.1) is 11.4 Å². The fraction of sp³-hybridized carbons (Fsp3) is 0.375. The Morgan fingerprint density at radius 1 is 1.38 bits per heavy atom. The second-order valence-electron chi connectivity index (χ2n) is 5.56. The van der Waals surface area contributed by atoms with Gasteiger partial charge in [-0.2, -0.15) is 0 Å². The van der Waals surface area contributed by atoms with Gasteiger partial charge < -0.3 is 16.4 Å². The average Bonchev–Trinajstić information content (AvgIpc) is 2.53. The highest BCUT2D eigenvalue weighted by molar-refractivity contribution is 5.82. The van der Waals surface area contributed by atoms with E-state index in [1.165, 1.54) is 0 Å². The Bertz CT molecular complexity index is 670. The highest BCUT2D eigenvalue weighted by atomic mass is 16.1. The van der Waals surface area contributed by atoms with Gasteiger partial charge in [0.15, 0.2) is 0 Å². The minimum atomic E-state index is -0.227. The van der Waals surface area contributed by atoms with Crippen LogP contribution in [-0.2, 0) is 11.3 Å². The molecule has 2 aromatic rings. The van der Waals surface area contributed by atoms with Crippen molar-refractivity contribution in [1.29, 1.82) is 0 Å². The largest absolute Gasteiger partial charge is 0.369 e. The molecule has 1 atom stereocenters. The Morgan fingerprint density at radius 3 is 2.95 bits per heavy atom. The summed E-state index contributed by atoms with van der Waals surface area (Å²) in [5.41, 5.74) is 13.3. The molecule has 1 unspecified atom stereocenters. The number of fused-ring (bicyclic) bond motifs is 1. The minimum Gasteiger partial charge on any atom is -0.369 e. The number of para-hydroxylation sites is 1. The molecule has 21 heavy (non-hydrogen) atoms. The SMILES string of the molecule is NCc1cc2ccccc2nc1N1CCCC(C(N)=O)C1. The number of pyridine rings is 1. The molecule has 0 bridgehead atoms. The van der Waals surface area contributed by atoms with Crippen LogP contribution in [0, 0.1) is 5.92 Å². The summed E-state index contributed by atoms with van der Waals surface area (Å²) in [6.07, 6.45) is 1.81. The minimum absolute atomic E-state index is 0.0994. The molecule has 5 nitrogen and oxygen atoms in total. The van der Waals surface area contributed by atoms with E-state index in [9.17, 15) is 4.79 Å². The first-order valence-electron chi connectivity index (χ1n) is 7.32. The van der Waals surface area contributed by atoms with Gasteiger partial charge in [0.1, 0.15) is 5.82 Å². The summed E-state index contributed by atoms with van der Waals surface area (Å²) in [6.45, 7) is 1.96. The van der Waals surface area contributed by atoms with Crippen molar-refractivity contribution in [3.05, 3.63) is 35.9 Å². The zero-order chi connectivity index (χ0) is 14.8. The smallest absolute Gasteiger partial charge is 0.222 e. The zero-order valence-corrected chi connectivity index (χ0v) is 12.0. The molecule has 1 amide bonds. The number of benzene rings is 1. The summed E-state index contributed by atoms with van der Waals surface area (Å²) in [4.78, 5) is 18.4. The molecule has 1 aliphatic rings. The van der Waals surface area contributed by atoms with Crippen molar-refractivity contribution in [2.45, 2.75) is 19.4 Å². The first-order valence-corrected chi connectivity index (χ1v) is 7.32. The van der Waals surface area contributed by atoms with Crippen LogP contribution in [0.1, 0.15) is 18.4 Å². The van der Waals surface area contributed by atoms with Crippen molar-refractivity contribution in [3.8, 4) is 0 Å². The summed E-state index contributed by atoms with van der Waals surface area (Å²) < 4.78 is 0. The van der Waals surface area contributed by atoms with Crippen LogP contribution in [0.15, 0.2) is 30.3 Å². The van der Waals surface area contributed by atoms with Crippen molar-refractivity contribution >= 4 is 22.6 Å². The summed E-state index contributed by atoms with van der Waals surface area (Å²) in [5, 5.41) is 1.09. The molecular formula is C16H20N4O. The molecule has 1 aliphatic heterocycles. The van der Waals surface area contributed by atoms with Crippen LogP contribution in [-0.4, -0.2) is 24.0 Å². The Morgan fingerprint density at radius 2 is 2.19 bits per heavy atom. The molecule has 1 fully saturated rings. The molecule has 0 radical (unpaired) electrons. The fourth-order valence-electron chi connectivity index (χ4n) is 2.98. The lowest BCUT2D eigenvalue weighted by Gasteiger charge is -2.33. The maximum atomic E-state index is 11.4. The van der Waals surface area contributed by atoms with Gasteiger partial charge in [-0.05, 0) is 25.0 Å². The molecule has 0 saturated carbocycles. The standard InChI is InChI=1S/C16H20N4O/c17-9-13-8-11-4-1-2-6-14(11)19-16(13)20-7-3-5-12(10-20)15(18)21/h1-2,4,6,8,12H,3,5,7,9-10,17H2,(H2,18,21). The Labute approximate surface area is 123 Å². The van der Waals surface area contributed by atoms with Gasteiger partial charge in [0.25, 0.3) is 0 Å². The van der Waals surface area contributed by atoms with Crippen LogP contribution in [0.3, 0.4) is 0 Å². The molecule has 1 aromatic heterocycles. The second-order valence-corrected chi connectivity index (χ2v) is 5.56. The maximum absolute atomic E-state index is 11.4. The molecule has 2 heterocycles. The molecule has 0 spiro atoms. The van der Waals surface area contributed by atoms with Gasteiger partial charge >= 0.3 is 0 Å². The lowest BCUT2D eigenvalue weighted by Crippen LogP contribution is -2.42. The van der Waals surface area contributed by atoms with Crippen molar-refractivity contribution in [2.24, 2.45) is 17.4 Å². The number of amides is 1. The van der Waals surface area contributed by atoms with Crippen molar-refractivity contribution < 1.29 is 4.79 Å². The predicted molar refractivity (Wildman–Crippen MR) is 83.8 cm³/mol. The molecule has 0 aliphatic carbocycles. The van der Waals surface area contributed by atoms with Gasteiger partial charge in [-0.1, -0.05) is 18.2 Å². The predicted octanol–water partition coefficient (Wildman–Crippen LogP) is 1.40. The fourth-order valence-corrected chi connectivity index (χ4v) is 2.98. The number of hydrogen-bond acceptors (Lipinski definition) is 4. The number of carbonyl (C=O) groups excluding carboxylic acids is 1. The monoisotopic (exact) mass is 284 g/mol. The van der Waals surface area contributed by atoms with Gasteiger partial charge in [0, 0.05) is 30.6 Å². The molecule has 1 aromatic carbocycles. The van der Waals surface area contributed by atoms with Crippen molar-refractivity contribution in [1.82, 2.24) is 4.98 Å². The highest BCUT2D eigenvalue weighted by Gasteiger charge is 2.26. The third kappa shape index (κ3) is 2.69. The number of aromatic nitrogens is 1. The number of primary amides is 1. The molecule has 110 valence electrons. The van der Waals surface area contributed by atoms with Crippen LogP contribution < -0.4 is 16.4 Å². The maximum Gasteiger partial charge on any atom is 0.222 e. The first-order chi connectivity index (χ1) is 10.2. The van der Waals surface area contributed by atoms with E-state index in [0.717, 1.165) is 41.7 Å². The zero-order valence-electron chi connectivity index (χ0n) is 12.0. The number of carbonyl (C=O) groups is 1. The van der Waals surface area contributed by atoms with Gasteiger partial charge in [0.2, 0.25) is 5.91 Å². The van der Waals surface area contributed by atoms with Gasteiger partial charge in [-0.15, -0.1) is 0 Å². The van der Waals surface area contributed by atoms with Crippen LogP contribution in [0.2, 0.25) is 0 Å². The van der Waals surface area contributed by atoms with E-state index in [-0.39, 0.29) is 11.8 Å². The van der Waals surface area contributed by atoms with E-state index >= 15 is 0 Å². The molecule has 3 rings (SSSR count). The lowest BCUT2D eigenvalue weighted by atomic mass is 9.97. The molecule has 5 heteroatoms. The molecule has 4 N–H and O–H groups in total. The Kier molecular flexibility index (Phi) is 3.75. The lowest BCUT2D eigenvalue weighted by molar-refractivity contribution is -0.122. The number of nitrogens with zero attached hydrogens (tertiary/aromatic N) is 2. The summed E-state index contributed by atoms with van der Waals surface area (Å²) in [7, 11) is 0. The number of rotatable bonds is 3. The van der Waals surface area contributed by atoms with E-state index in [1.54, 1.807) is 0 Å². The molecular weight excluding hydrogens is 264 g/mol. The van der Waals surface area contributed by atoms with Crippen LogP contribution in [0.4, 0.5) is 5.82 Å². The summed E-state index contributed by atoms with van der Waals surface area (Å²) >= 11 is 0.